The Labute approximate surface area is 117 Å². The van der Waals surface area contributed by atoms with Gasteiger partial charge < -0.3 is 16.0 Å². The molecule has 2 rings (SSSR count). The maximum Gasteiger partial charge on any atom is 0.0628 e. The summed E-state index contributed by atoms with van der Waals surface area (Å²) in [6.07, 6.45) is 4.97. The number of anilines is 1. The van der Waals surface area contributed by atoms with Crippen molar-refractivity contribution in [2.24, 2.45) is 5.73 Å². The van der Waals surface area contributed by atoms with Gasteiger partial charge in [0, 0.05) is 11.7 Å². The molecule has 1 aliphatic carbocycles. The highest BCUT2D eigenvalue weighted by molar-refractivity contribution is 5.49. The summed E-state index contributed by atoms with van der Waals surface area (Å²) in [4.78, 5) is 2.60. The van der Waals surface area contributed by atoms with Gasteiger partial charge in [-0.05, 0) is 62.0 Å². The predicted octanol–water partition coefficient (Wildman–Crippen LogP) is 2.60. The first-order valence-electron chi connectivity index (χ1n) is 7.58. The normalized spacial score (nSPS) is 19.1. The highest BCUT2D eigenvalue weighted by Crippen LogP contribution is 2.26. The lowest BCUT2D eigenvalue weighted by Gasteiger charge is -2.28. The van der Waals surface area contributed by atoms with Crippen molar-refractivity contribution >= 4 is 5.69 Å². The van der Waals surface area contributed by atoms with Crippen LogP contribution in [0.15, 0.2) is 18.2 Å². The van der Waals surface area contributed by atoms with Gasteiger partial charge in [-0.25, -0.2) is 0 Å². The highest BCUT2D eigenvalue weighted by atomic mass is 15.1. The summed E-state index contributed by atoms with van der Waals surface area (Å²) >= 11 is 0. The molecule has 1 unspecified atom stereocenters. The first-order chi connectivity index (χ1) is 9.28. The third-order valence-corrected chi connectivity index (χ3v) is 4.34. The maximum atomic E-state index is 5.55. The number of aryl methyl sites for hydroxylation is 2. The van der Waals surface area contributed by atoms with Gasteiger partial charge in [-0.1, -0.05) is 19.9 Å². The number of nitrogens with two attached hydrogens (primary N) is 1. The quantitative estimate of drug-likeness (QED) is 0.632. The van der Waals surface area contributed by atoms with Gasteiger partial charge in [0.25, 0.3) is 0 Å². The Bertz CT molecular complexity index is 399. The average Bonchev–Trinajstić information content (AvgIpc) is 2.63. The van der Waals surface area contributed by atoms with Gasteiger partial charge in [-0.3, -0.25) is 0 Å². The van der Waals surface area contributed by atoms with Gasteiger partial charge in [0.2, 0.25) is 0 Å². The Kier molecular flexibility index (Phi) is 5.23. The number of benzene rings is 1. The van der Waals surface area contributed by atoms with Crippen LogP contribution in [0.1, 0.15) is 37.8 Å². The minimum atomic E-state index is 0.501. The summed E-state index contributed by atoms with van der Waals surface area (Å²) in [6, 6.07) is 7.46. The highest BCUT2D eigenvalue weighted by Gasteiger charge is 2.20. The molecule has 0 heterocycles. The van der Waals surface area contributed by atoms with Crippen LogP contribution in [0.4, 0.5) is 5.69 Å². The summed E-state index contributed by atoms with van der Waals surface area (Å²) in [5, 5.41) is 3.20. The topological polar surface area (TPSA) is 41.3 Å². The monoisotopic (exact) mass is 261 g/mol. The Morgan fingerprint density at radius 3 is 2.47 bits per heavy atom. The van der Waals surface area contributed by atoms with Crippen LogP contribution in [0.3, 0.4) is 0 Å². The van der Waals surface area contributed by atoms with E-state index in [9.17, 15) is 0 Å². The summed E-state index contributed by atoms with van der Waals surface area (Å²) < 4.78 is 0. The molecule has 3 nitrogen and oxygen atoms in total. The van der Waals surface area contributed by atoms with Gasteiger partial charge in [0.15, 0.2) is 0 Å². The smallest absolute Gasteiger partial charge is 0.0628 e. The molecule has 0 saturated heterocycles. The lowest BCUT2D eigenvalue weighted by molar-refractivity contribution is 0.199. The van der Waals surface area contributed by atoms with Crippen molar-refractivity contribution in [2.45, 2.75) is 45.6 Å². The van der Waals surface area contributed by atoms with Crippen LogP contribution in [0, 0.1) is 0 Å². The van der Waals surface area contributed by atoms with Crippen LogP contribution in [0.2, 0.25) is 0 Å². The zero-order valence-electron chi connectivity index (χ0n) is 12.3. The van der Waals surface area contributed by atoms with Crippen LogP contribution < -0.4 is 11.1 Å². The molecule has 1 aromatic rings. The van der Waals surface area contributed by atoms with E-state index in [1.54, 1.807) is 0 Å². The molecule has 3 heteroatoms. The summed E-state index contributed by atoms with van der Waals surface area (Å²) in [6.45, 7) is 7.37. The van der Waals surface area contributed by atoms with Crippen molar-refractivity contribution in [3.05, 3.63) is 29.3 Å². The number of hydrogen-bond donors (Lipinski definition) is 2. The van der Waals surface area contributed by atoms with Crippen LogP contribution >= 0.6 is 0 Å². The molecule has 106 valence electrons. The minimum Gasteiger partial charge on any atom is -0.373 e. The molecule has 1 aliphatic rings. The fourth-order valence-electron chi connectivity index (χ4n) is 3.22. The van der Waals surface area contributed by atoms with E-state index in [1.165, 1.54) is 36.8 Å². The fourth-order valence-corrected chi connectivity index (χ4v) is 3.22. The Hall–Kier alpha value is -1.06. The van der Waals surface area contributed by atoms with E-state index in [4.69, 9.17) is 5.73 Å². The van der Waals surface area contributed by atoms with E-state index in [0.29, 0.717) is 6.67 Å². The molecule has 0 saturated carbocycles. The van der Waals surface area contributed by atoms with Crippen LogP contribution in [0.5, 0.6) is 0 Å². The zero-order valence-corrected chi connectivity index (χ0v) is 12.3. The molecule has 19 heavy (non-hydrogen) atoms. The molecule has 1 aromatic carbocycles. The number of nitrogens with one attached hydrogen (secondary N) is 1. The number of rotatable bonds is 5. The van der Waals surface area contributed by atoms with Crippen LogP contribution in [-0.2, 0) is 12.8 Å². The van der Waals surface area contributed by atoms with Gasteiger partial charge in [-0.15, -0.1) is 0 Å². The third kappa shape index (κ3) is 3.48. The summed E-state index contributed by atoms with van der Waals surface area (Å²) in [5.41, 5.74) is 9.74. The second-order valence-electron chi connectivity index (χ2n) is 5.32. The second kappa shape index (κ2) is 6.92. The van der Waals surface area contributed by atoms with Crippen molar-refractivity contribution in [3.8, 4) is 0 Å². The first-order valence-corrected chi connectivity index (χ1v) is 7.58. The summed E-state index contributed by atoms with van der Waals surface area (Å²) in [5.74, 6) is 0. The van der Waals surface area contributed by atoms with E-state index < -0.39 is 0 Å². The predicted molar refractivity (Wildman–Crippen MR) is 82.5 cm³/mol. The molecule has 0 fully saturated rings. The molecular formula is C16H27N3. The second-order valence-corrected chi connectivity index (χ2v) is 5.32. The van der Waals surface area contributed by atoms with Gasteiger partial charge in [-0.2, -0.15) is 0 Å². The molecule has 0 spiro atoms. The first kappa shape index (κ1) is 14.4. The molecule has 3 N–H and O–H groups in total. The van der Waals surface area contributed by atoms with Crippen molar-refractivity contribution in [1.29, 1.82) is 0 Å². The molecular weight excluding hydrogens is 234 g/mol. The molecule has 1 atom stereocenters. The van der Waals surface area contributed by atoms with Gasteiger partial charge in [0.1, 0.15) is 0 Å². The Morgan fingerprint density at radius 2 is 1.84 bits per heavy atom. The average molecular weight is 261 g/mol. The summed E-state index contributed by atoms with van der Waals surface area (Å²) in [7, 11) is 0. The van der Waals surface area contributed by atoms with E-state index in [-0.39, 0.29) is 0 Å². The van der Waals surface area contributed by atoms with Crippen LogP contribution in [0.25, 0.3) is 0 Å². The lowest BCUT2D eigenvalue weighted by Crippen LogP contribution is -2.35. The minimum absolute atomic E-state index is 0.501. The molecule has 0 aromatic heterocycles. The van der Waals surface area contributed by atoms with E-state index in [1.807, 2.05) is 0 Å². The van der Waals surface area contributed by atoms with Crippen LogP contribution in [-0.4, -0.2) is 30.7 Å². The Balaban J connectivity index is 2.08. The van der Waals surface area contributed by atoms with Crippen molar-refractivity contribution < 1.29 is 0 Å². The number of fused-ring (bicyclic) bond motifs is 1. The van der Waals surface area contributed by atoms with E-state index >= 15 is 0 Å². The third-order valence-electron chi connectivity index (χ3n) is 4.34. The van der Waals surface area contributed by atoms with Gasteiger partial charge >= 0.3 is 0 Å². The van der Waals surface area contributed by atoms with Crippen molar-refractivity contribution in [1.82, 2.24) is 4.90 Å². The Morgan fingerprint density at radius 1 is 1.16 bits per heavy atom. The van der Waals surface area contributed by atoms with E-state index in [2.05, 4.69) is 42.3 Å². The van der Waals surface area contributed by atoms with Crippen molar-refractivity contribution in [3.63, 3.8) is 0 Å². The fraction of sp³-hybridized carbons (Fsp3) is 0.625. The molecule has 0 bridgehead atoms. The van der Waals surface area contributed by atoms with Crippen molar-refractivity contribution in [2.75, 3.05) is 25.1 Å². The maximum absolute atomic E-state index is 5.55. The molecule has 0 aliphatic heterocycles. The lowest BCUT2D eigenvalue weighted by atomic mass is 10.0. The molecule has 0 amide bonds. The number of hydrogen-bond acceptors (Lipinski definition) is 3. The SMILES string of the molecule is CCN(CC)C1CCc2ccc(NCN)cc2CC1. The largest absolute Gasteiger partial charge is 0.373 e. The zero-order chi connectivity index (χ0) is 13.7. The number of nitrogens with zero attached hydrogens (tertiary/aromatic N) is 1. The standard InChI is InChI=1S/C16H27N3/c1-3-19(4-2)16-9-6-13-5-8-15(18-12-17)11-14(13)7-10-16/h5,8,11,16,18H,3-4,6-7,9-10,12,17H2,1-2H3. The van der Waals surface area contributed by atoms with Gasteiger partial charge in [0.05, 0.1) is 6.67 Å². The van der Waals surface area contributed by atoms with E-state index in [0.717, 1.165) is 24.8 Å². The molecule has 0 radical (unpaired) electrons.